The molecule has 1 heterocycles. The van der Waals surface area contributed by atoms with Crippen LogP contribution in [0.5, 0.6) is 0 Å². The second kappa shape index (κ2) is 4.48. The normalized spacial score (nSPS) is 26.9. The molecule has 0 fully saturated rings. The lowest BCUT2D eigenvalue weighted by Crippen LogP contribution is -2.33. The van der Waals surface area contributed by atoms with Gasteiger partial charge in [-0.05, 0) is 17.7 Å². The SMILES string of the molecule is CC1=c2cccc/c2=C2\C=CC=CC2OPO1. The summed E-state index contributed by atoms with van der Waals surface area (Å²) in [6, 6.07) is 8.30. The van der Waals surface area contributed by atoms with Crippen LogP contribution in [0.1, 0.15) is 6.92 Å². The van der Waals surface area contributed by atoms with Crippen molar-refractivity contribution in [3.63, 3.8) is 0 Å². The monoisotopic (exact) mass is 244 g/mol. The summed E-state index contributed by atoms with van der Waals surface area (Å²) >= 11 is 0. The Morgan fingerprint density at radius 1 is 1.12 bits per heavy atom. The number of fused-ring (bicyclic) bond motifs is 2. The van der Waals surface area contributed by atoms with Crippen molar-refractivity contribution in [3.8, 4) is 0 Å². The lowest BCUT2D eigenvalue weighted by molar-refractivity contribution is 0.307. The van der Waals surface area contributed by atoms with E-state index in [0.29, 0.717) is 0 Å². The third-order valence-corrected chi connectivity index (χ3v) is 3.71. The van der Waals surface area contributed by atoms with Gasteiger partial charge >= 0.3 is 0 Å². The molecule has 1 aromatic carbocycles. The minimum absolute atomic E-state index is 0.00702. The van der Waals surface area contributed by atoms with Crippen molar-refractivity contribution in [2.24, 2.45) is 0 Å². The van der Waals surface area contributed by atoms with Gasteiger partial charge in [-0.3, -0.25) is 0 Å². The maximum absolute atomic E-state index is 5.72. The molecule has 2 aliphatic rings. The van der Waals surface area contributed by atoms with Gasteiger partial charge in [-0.15, -0.1) is 0 Å². The van der Waals surface area contributed by atoms with Crippen molar-refractivity contribution in [2.45, 2.75) is 13.0 Å². The average molecular weight is 244 g/mol. The van der Waals surface area contributed by atoms with Crippen LogP contribution in [0.15, 0.2) is 48.6 Å². The molecule has 1 aliphatic heterocycles. The predicted molar refractivity (Wildman–Crippen MR) is 70.7 cm³/mol. The van der Waals surface area contributed by atoms with E-state index in [0.717, 1.165) is 11.0 Å². The van der Waals surface area contributed by atoms with Crippen LogP contribution in [0.3, 0.4) is 0 Å². The molecule has 0 spiro atoms. The van der Waals surface area contributed by atoms with Crippen LogP contribution >= 0.6 is 9.03 Å². The van der Waals surface area contributed by atoms with E-state index in [9.17, 15) is 0 Å². The molecular formula is C14H13O2P. The van der Waals surface area contributed by atoms with E-state index in [2.05, 4.69) is 24.3 Å². The zero-order valence-corrected chi connectivity index (χ0v) is 10.5. The zero-order valence-electron chi connectivity index (χ0n) is 9.51. The van der Waals surface area contributed by atoms with E-state index in [1.807, 2.05) is 31.2 Å². The molecule has 1 aliphatic carbocycles. The molecule has 2 unspecified atom stereocenters. The zero-order chi connectivity index (χ0) is 11.7. The summed E-state index contributed by atoms with van der Waals surface area (Å²) < 4.78 is 11.3. The molecule has 86 valence electrons. The minimum Gasteiger partial charge on any atom is -0.454 e. The molecule has 0 amide bonds. The first-order valence-corrected chi connectivity index (χ1v) is 6.40. The van der Waals surface area contributed by atoms with Gasteiger partial charge in [-0.1, -0.05) is 48.6 Å². The standard InChI is InChI=1S/C14H13O2P/c1-10-11-6-2-3-7-12(11)13-8-4-5-9-14(13)16-17-15-10/h2-9,14,17H,1H3/b11-10?,13-12-. The lowest BCUT2D eigenvalue weighted by atomic mass is 10.0. The first kappa shape index (κ1) is 10.8. The Bertz CT molecular complexity index is 613. The van der Waals surface area contributed by atoms with Crippen LogP contribution in [0.25, 0.3) is 11.3 Å². The first-order chi connectivity index (χ1) is 8.36. The fourth-order valence-electron chi connectivity index (χ4n) is 2.10. The van der Waals surface area contributed by atoms with E-state index in [4.69, 9.17) is 9.05 Å². The van der Waals surface area contributed by atoms with Gasteiger partial charge in [0, 0.05) is 5.22 Å². The van der Waals surface area contributed by atoms with Crippen LogP contribution in [0.4, 0.5) is 0 Å². The lowest BCUT2D eigenvalue weighted by Gasteiger charge is -2.20. The molecule has 0 saturated carbocycles. The minimum atomic E-state index is 0.00702. The molecule has 0 aromatic heterocycles. The van der Waals surface area contributed by atoms with E-state index < -0.39 is 0 Å². The second-order valence-electron chi connectivity index (χ2n) is 4.02. The van der Waals surface area contributed by atoms with Gasteiger partial charge in [0.15, 0.2) is 0 Å². The van der Waals surface area contributed by atoms with Crippen molar-refractivity contribution in [1.29, 1.82) is 0 Å². The maximum atomic E-state index is 5.72. The molecule has 0 radical (unpaired) electrons. The molecule has 2 nitrogen and oxygen atoms in total. The van der Waals surface area contributed by atoms with Crippen molar-refractivity contribution in [2.75, 3.05) is 0 Å². The van der Waals surface area contributed by atoms with Crippen LogP contribution < -0.4 is 10.4 Å². The molecule has 3 rings (SSSR count). The van der Waals surface area contributed by atoms with Crippen LogP contribution in [0, 0.1) is 0 Å². The Morgan fingerprint density at radius 2 is 1.94 bits per heavy atom. The third kappa shape index (κ3) is 1.95. The Hall–Kier alpha value is -1.37. The first-order valence-electron chi connectivity index (χ1n) is 5.59. The van der Waals surface area contributed by atoms with Gasteiger partial charge < -0.3 is 9.05 Å². The van der Waals surface area contributed by atoms with Gasteiger partial charge in [-0.2, -0.15) is 0 Å². The van der Waals surface area contributed by atoms with Crippen LogP contribution in [-0.4, -0.2) is 6.10 Å². The summed E-state index contributed by atoms with van der Waals surface area (Å²) in [5, 5.41) is 2.35. The Morgan fingerprint density at radius 3 is 2.82 bits per heavy atom. The van der Waals surface area contributed by atoms with Crippen LogP contribution in [0.2, 0.25) is 0 Å². The highest BCUT2D eigenvalue weighted by Gasteiger charge is 2.16. The van der Waals surface area contributed by atoms with Gasteiger partial charge in [-0.25, -0.2) is 0 Å². The van der Waals surface area contributed by atoms with Gasteiger partial charge in [0.2, 0.25) is 9.03 Å². The van der Waals surface area contributed by atoms with Gasteiger partial charge in [0.25, 0.3) is 0 Å². The van der Waals surface area contributed by atoms with Crippen molar-refractivity contribution in [3.05, 3.63) is 59.0 Å². The predicted octanol–water partition coefficient (Wildman–Crippen LogP) is 2.02. The fraction of sp³-hybridized carbons (Fsp3) is 0.143. The summed E-state index contributed by atoms with van der Waals surface area (Å²) in [7, 11) is 0.0497. The topological polar surface area (TPSA) is 18.5 Å². The highest BCUT2D eigenvalue weighted by atomic mass is 31.1. The molecule has 0 saturated heterocycles. The molecule has 1 aromatic rings. The fourth-order valence-corrected chi connectivity index (χ4v) is 2.70. The maximum Gasteiger partial charge on any atom is 0.215 e. The molecule has 17 heavy (non-hydrogen) atoms. The smallest absolute Gasteiger partial charge is 0.215 e. The quantitative estimate of drug-likeness (QED) is 0.650. The summed E-state index contributed by atoms with van der Waals surface area (Å²) in [6.07, 6.45) is 8.25. The Kier molecular flexibility index (Phi) is 2.84. The molecule has 0 bridgehead atoms. The summed E-state index contributed by atoms with van der Waals surface area (Å²) in [4.78, 5) is 0. The van der Waals surface area contributed by atoms with Crippen molar-refractivity contribution in [1.82, 2.24) is 0 Å². The number of benzene rings is 1. The number of hydrogen-bond donors (Lipinski definition) is 0. The molecule has 3 heteroatoms. The van der Waals surface area contributed by atoms with Crippen molar-refractivity contribution >= 4 is 20.4 Å². The summed E-state index contributed by atoms with van der Waals surface area (Å²) in [5.74, 6) is 0.924. The van der Waals surface area contributed by atoms with Crippen LogP contribution in [-0.2, 0) is 9.05 Å². The van der Waals surface area contributed by atoms with Crippen molar-refractivity contribution < 1.29 is 9.05 Å². The second-order valence-corrected chi connectivity index (χ2v) is 4.63. The highest BCUT2D eigenvalue weighted by Crippen LogP contribution is 2.27. The highest BCUT2D eigenvalue weighted by molar-refractivity contribution is 7.26. The summed E-state index contributed by atoms with van der Waals surface area (Å²) in [5.41, 5.74) is 1.21. The Balaban J connectivity index is 2.40. The molecule has 0 N–H and O–H groups in total. The molecule has 2 atom stereocenters. The number of allylic oxidation sites excluding steroid dienone is 2. The molecular weight excluding hydrogens is 231 g/mol. The number of rotatable bonds is 0. The third-order valence-electron chi connectivity index (χ3n) is 2.97. The van der Waals surface area contributed by atoms with E-state index >= 15 is 0 Å². The number of hydrogen-bond acceptors (Lipinski definition) is 2. The average Bonchev–Trinajstić information content (AvgIpc) is 2.37. The largest absolute Gasteiger partial charge is 0.454 e. The summed E-state index contributed by atoms with van der Waals surface area (Å²) in [6.45, 7) is 1.98. The van der Waals surface area contributed by atoms with Gasteiger partial charge in [0.1, 0.15) is 11.9 Å². The van der Waals surface area contributed by atoms with E-state index in [1.54, 1.807) is 0 Å². The van der Waals surface area contributed by atoms with E-state index in [-0.39, 0.29) is 15.1 Å². The van der Waals surface area contributed by atoms with E-state index in [1.165, 1.54) is 10.8 Å². The van der Waals surface area contributed by atoms with Gasteiger partial charge in [0.05, 0.1) is 0 Å². The Labute approximate surface area is 102 Å².